The summed E-state index contributed by atoms with van der Waals surface area (Å²) in [5.41, 5.74) is 0.285. The molecule has 14 heavy (non-hydrogen) atoms. The van der Waals surface area contributed by atoms with Crippen LogP contribution in [0.25, 0.3) is 0 Å². The van der Waals surface area contributed by atoms with Gasteiger partial charge in [-0.05, 0) is 13.8 Å². The molecular weight excluding hydrogens is 198 g/mol. The third-order valence-electron chi connectivity index (χ3n) is 2.22. The van der Waals surface area contributed by atoms with E-state index in [0.717, 1.165) is 18.8 Å². The van der Waals surface area contributed by atoms with Crippen molar-refractivity contribution >= 4 is 17.7 Å². The second-order valence-electron chi connectivity index (χ2n) is 4.23. The number of carboxylic acid groups (broad SMARTS) is 1. The maximum atomic E-state index is 10.6. The third kappa shape index (κ3) is 3.35. The molecule has 1 rings (SSSR count). The van der Waals surface area contributed by atoms with Gasteiger partial charge in [0, 0.05) is 35.7 Å². The van der Waals surface area contributed by atoms with Crippen LogP contribution in [0.4, 0.5) is 0 Å². The normalized spacial score (nSPS) is 21.9. The molecule has 3 nitrogen and oxygen atoms in total. The number of hydrogen-bond acceptors (Lipinski definition) is 3. The molecule has 1 N–H and O–H groups in total. The average Bonchev–Trinajstić information content (AvgIpc) is 2.01. The van der Waals surface area contributed by atoms with Crippen molar-refractivity contribution in [1.29, 1.82) is 0 Å². The van der Waals surface area contributed by atoms with Gasteiger partial charge in [-0.3, -0.25) is 4.90 Å². The van der Waals surface area contributed by atoms with Crippen LogP contribution in [0.1, 0.15) is 13.8 Å². The van der Waals surface area contributed by atoms with E-state index in [2.05, 4.69) is 25.3 Å². The lowest BCUT2D eigenvalue weighted by Crippen LogP contribution is -2.44. The Hall–Kier alpha value is -0.480. The molecule has 4 heteroatoms. The smallest absolute Gasteiger partial charge is 0.332 e. The largest absolute Gasteiger partial charge is 0.478 e. The van der Waals surface area contributed by atoms with Crippen LogP contribution in [0.3, 0.4) is 0 Å². The molecule has 0 aromatic heterocycles. The highest BCUT2D eigenvalue weighted by atomic mass is 32.2. The number of hydrogen-bond donors (Lipinski definition) is 1. The fraction of sp³-hybridized carbons (Fsp3) is 0.700. The molecule has 0 bridgehead atoms. The average molecular weight is 215 g/mol. The summed E-state index contributed by atoms with van der Waals surface area (Å²) >= 11 is 1.94. The molecular formula is C10H17NO2S. The first-order valence-corrected chi connectivity index (χ1v) is 5.67. The zero-order valence-corrected chi connectivity index (χ0v) is 9.56. The number of carboxylic acids is 1. The van der Waals surface area contributed by atoms with E-state index in [-0.39, 0.29) is 10.3 Å². The third-order valence-corrected chi connectivity index (χ3v) is 3.52. The van der Waals surface area contributed by atoms with Crippen LogP contribution in [-0.2, 0) is 4.79 Å². The summed E-state index contributed by atoms with van der Waals surface area (Å²) in [5.74, 6) is 0.181. The molecule has 0 aromatic carbocycles. The number of thioether (sulfide) groups is 1. The molecule has 0 unspecified atom stereocenters. The van der Waals surface area contributed by atoms with Crippen LogP contribution in [0, 0.1) is 0 Å². The molecule has 0 radical (unpaired) electrons. The molecule has 1 heterocycles. The van der Waals surface area contributed by atoms with E-state index in [4.69, 9.17) is 5.11 Å². The number of nitrogens with zero attached hydrogens (tertiary/aromatic N) is 1. The first kappa shape index (κ1) is 11.6. The first-order chi connectivity index (χ1) is 6.41. The summed E-state index contributed by atoms with van der Waals surface area (Å²) in [4.78, 5) is 12.8. The molecule has 1 aliphatic heterocycles. The van der Waals surface area contributed by atoms with Crippen LogP contribution in [-0.4, -0.2) is 46.1 Å². The molecule has 1 saturated heterocycles. The second kappa shape index (κ2) is 4.36. The maximum absolute atomic E-state index is 10.6. The van der Waals surface area contributed by atoms with Crippen LogP contribution < -0.4 is 0 Å². The van der Waals surface area contributed by atoms with Crippen molar-refractivity contribution in [2.24, 2.45) is 0 Å². The van der Waals surface area contributed by atoms with Crippen molar-refractivity contribution in [1.82, 2.24) is 4.90 Å². The fourth-order valence-corrected chi connectivity index (χ4v) is 2.76. The fourth-order valence-electron chi connectivity index (χ4n) is 1.59. The molecule has 0 atom stereocenters. The van der Waals surface area contributed by atoms with Gasteiger partial charge in [0.05, 0.1) is 0 Å². The Kier molecular flexibility index (Phi) is 3.61. The summed E-state index contributed by atoms with van der Waals surface area (Å²) < 4.78 is 0.233. The van der Waals surface area contributed by atoms with Gasteiger partial charge < -0.3 is 5.11 Å². The Bertz CT molecular complexity index is 251. The summed E-state index contributed by atoms with van der Waals surface area (Å²) in [7, 11) is 0. The van der Waals surface area contributed by atoms with Crippen molar-refractivity contribution in [3.63, 3.8) is 0 Å². The Balaban J connectivity index is 2.46. The van der Waals surface area contributed by atoms with E-state index in [1.807, 2.05) is 11.8 Å². The van der Waals surface area contributed by atoms with E-state index >= 15 is 0 Å². The van der Waals surface area contributed by atoms with Gasteiger partial charge in [-0.1, -0.05) is 6.58 Å². The van der Waals surface area contributed by atoms with Crippen LogP contribution in [0.2, 0.25) is 0 Å². The van der Waals surface area contributed by atoms with Crippen molar-refractivity contribution < 1.29 is 9.90 Å². The highest BCUT2D eigenvalue weighted by molar-refractivity contribution is 8.00. The topological polar surface area (TPSA) is 40.5 Å². The van der Waals surface area contributed by atoms with E-state index in [0.29, 0.717) is 6.54 Å². The Morgan fingerprint density at radius 1 is 1.64 bits per heavy atom. The van der Waals surface area contributed by atoms with Gasteiger partial charge in [0.15, 0.2) is 0 Å². The Morgan fingerprint density at radius 2 is 2.29 bits per heavy atom. The van der Waals surface area contributed by atoms with Crippen LogP contribution in [0.15, 0.2) is 12.2 Å². The number of carbonyl (C=O) groups is 1. The summed E-state index contributed by atoms with van der Waals surface area (Å²) in [5, 5.41) is 8.71. The van der Waals surface area contributed by atoms with Gasteiger partial charge >= 0.3 is 5.97 Å². The minimum absolute atomic E-state index is 0.233. The maximum Gasteiger partial charge on any atom is 0.332 e. The van der Waals surface area contributed by atoms with Crippen LogP contribution in [0.5, 0.6) is 0 Å². The molecule has 0 saturated carbocycles. The lowest BCUT2D eigenvalue weighted by Gasteiger charge is -2.37. The van der Waals surface area contributed by atoms with E-state index in [1.165, 1.54) is 0 Å². The summed E-state index contributed by atoms with van der Waals surface area (Å²) in [6.45, 7) is 10.3. The van der Waals surface area contributed by atoms with E-state index in [9.17, 15) is 4.79 Å². The van der Waals surface area contributed by atoms with Gasteiger partial charge in [-0.15, -0.1) is 0 Å². The Morgan fingerprint density at radius 3 is 2.79 bits per heavy atom. The lowest BCUT2D eigenvalue weighted by atomic mass is 10.1. The van der Waals surface area contributed by atoms with Crippen molar-refractivity contribution in [3.8, 4) is 0 Å². The van der Waals surface area contributed by atoms with Gasteiger partial charge in [-0.25, -0.2) is 4.79 Å². The SMILES string of the molecule is C=C(CN1CCSC(C)(C)C1)C(=O)O. The minimum atomic E-state index is -0.888. The zero-order valence-electron chi connectivity index (χ0n) is 8.75. The molecule has 0 amide bonds. The number of rotatable bonds is 3. The van der Waals surface area contributed by atoms with Gasteiger partial charge in [0.25, 0.3) is 0 Å². The highest BCUT2D eigenvalue weighted by Gasteiger charge is 2.27. The van der Waals surface area contributed by atoms with Gasteiger partial charge in [0.1, 0.15) is 0 Å². The predicted octanol–water partition coefficient (Wildman–Crippen LogP) is 1.45. The Labute approximate surface area is 89.2 Å². The van der Waals surface area contributed by atoms with Crippen LogP contribution >= 0.6 is 11.8 Å². The molecule has 0 aromatic rings. The highest BCUT2D eigenvalue weighted by Crippen LogP contribution is 2.29. The molecule has 1 fully saturated rings. The van der Waals surface area contributed by atoms with E-state index < -0.39 is 5.97 Å². The van der Waals surface area contributed by atoms with Gasteiger partial charge in [0.2, 0.25) is 0 Å². The number of aliphatic carboxylic acids is 1. The first-order valence-electron chi connectivity index (χ1n) is 4.68. The summed E-state index contributed by atoms with van der Waals surface area (Å²) in [6, 6.07) is 0. The lowest BCUT2D eigenvalue weighted by molar-refractivity contribution is -0.132. The van der Waals surface area contributed by atoms with Crippen molar-refractivity contribution in [2.75, 3.05) is 25.4 Å². The minimum Gasteiger partial charge on any atom is -0.478 e. The summed E-state index contributed by atoms with van der Waals surface area (Å²) in [6.07, 6.45) is 0. The predicted molar refractivity (Wildman–Crippen MR) is 59.8 cm³/mol. The molecule has 0 aliphatic carbocycles. The second-order valence-corrected chi connectivity index (χ2v) is 6.03. The quantitative estimate of drug-likeness (QED) is 0.724. The molecule has 1 aliphatic rings. The zero-order chi connectivity index (χ0) is 10.8. The van der Waals surface area contributed by atoms with E-state index in [1.54, 1.807) is 0 Å². The van der Waals surface area contributed by atoms with Crippen molar-refractivity contribution in [3.05, 3.63) is 12.2 Å². The molecule has 0 spiro atoms. The van der Waals surface area contributed by atoms with Crippen molar-refractivity contribution in [2.45, 2.75) is 18.6 Å². The van der Waals surface area contributed by atoms with Gasteiger partial charge in [-0.2, -0.15) is 11.8 Å². The molecule has 80 valence electrons. The standard InChI is InChI=1S/C10H17NO2S/c1-8(9(12)13)6-11-4-5-14-10(2,3)7-11/h1,4-7H2,2-3H3,(H,12,13). The monoisotopic (exact) mass is 215 g/mol.